The molecule has 0 saturated heterocycles. The van der Waals surface area contributed by atoms with Crippen molar-refractivity contribution in [2.75, 3.05) is 0 Å². The zero-order chi connectivity index (χ0) is 14.0. The topological polar surface area (TPSA) is 17.1 Å². The second kappa shape index (κ2) is 5.81. The molecule has 1 heteroatoms. The lowest BCUT2D eigenvalue weighted by Gasteiger charge is -2.42. The van der Waals surface area contributed by atoms with E-state index in [1.807, 2.05) is 0 Å². The fraction of sp³-hybridized carbons (Fsp3) is 0.833. The first kappa shape index (κ1) is 14.8. The molecule has 0 radical (unpaired) electrons. The second-order valence-corrected chi connectivity index (χ2v) is 7.39. The smallest absolute Gasteiger partial charge is 0.136 e. The first-order chi connectivity index (χ1) is 8.95. The molecule has 0 aromatic rings. The van der Waals surface area contributed by atoms with Crippen LogP contribution < -0.4 is 0 Å². The fourth-order valence-corrected chi connectivity index (χ4v) is 4.83. The highest BCUT2D eigenvalue weighted by Crippen LogP contribution is 2.57. The zero-order valence-electron chi connectivity index (χ0n) is 13.0. The number of hydrogen-bond acceptors (Lipinski definition) is 1. The third-order valence-electron chi connectivity index (χ3n) is 5.89. The minimum atomic E-state index is 0.317. The molecule has 2 saturated carbocycles. The Morgan fingerprint density at radius 1 is 1.47 bits per heavy atom. The summed E-state index contributed by atoms with van der Waals surface area (Å²) < 4.78 is 0. The van der Waals surface area contributed by atoms with Crippen molar-refractivity contribution in [3.63, 3.8) is 0 Å². The van der Waals surface area contributed by atoms with Crippen LogP contribution in [0.1, 0.15) is 72.1 Å². The Morgan fingerprint density at radius 3 is 2.89 bits per heavy atom. The van der Waals surface area contributed by atoms with Crippen LogP contribution in [0.4, 0.5) is 0 Å². The molecule has 2 fully saturated rings. The van der Waals surface area contributed by atoms with E-state index in [1.165, 1.54) is 31.3 Å². The molecule has 0 aliphatic heterocycles. The van der Waals surface area contributed by atoms with Crippen molar-refractivity contribution in [3.8, 4) is 0 Å². The molecule has 0 heterocycles. The Labute approximate surface area is 118 Å². The Morgan fingerprint density at radius 2 is 2.21 bits per heavy atom. The van der Waals surface area contributed by atoms with E-state index in [4.69, 9.17) is 0 Å². The quantitative estimate of drug-likeness (QED) is 0.626. The van der Waals surface area contributed by atoms with Gasteiger partial charge in [0.05, 0.1) is 0 Å². The summed E-state index contributed by atoms with van der Waals surface area (Å²) in [5.41, 5.74) is 1.62. The average Bonchev–Trinajstić information content (AvgIpc) is 2.67. The maximum atomic E-state index is 12.1. The number of allylic oxidation sites excluding steroid dienone is 1. The van der Waals surface area contributed by atoms with Gasteiger partial charge in [-0.05, 0) is 62.7 Å². The van der Waals surface area contributed by atoms with Gasteiger partial charge in [-0.1, -0.05) is 25.8 Å². The van der Waals surface area contributed by atoms with Crippen LogP contribution in [0, 0.1) is 23.2 Å². The number of fused-ring (bicyclic) bond motifs is 1. The molecule has 2 aliphatic rings. The number of rotatable bonds is 5. The van der Waals surface area contributed by atoms with E-state index in [0.29, 0.717) is 17.1 Å². The standard InChI is InChI=1S/C18H30O/c1-13(2)7-5-8-14(3)15-10-11-16-17(19)9-6-12-18(15,16)4/h14-16H,1,5-12H2,2-4H3/t14-,15?,16?,18-/m1/s1. The van der Waals surface area contributed by atoms with E-state index in [9.17, 15) is 4.79 Å². The first-order valence-corrected chi connectivity index (χ1v) is 8.12. The lowest BCUT2D eigenvalue weighted by atomic mass is 9.62. The van der Waals surface area contributed by atoms with Gasteiger partial charge in [-0.15, -0.1) is 6.58 Å². The summed E-state index contributed by atoms with van der Waals surface area (Å²) in [7, 11) is 0. The van der Waals surface area contributed by atoms with Crippen molar-refractivity contribution in [3.05, 3.63) is 12.2 Å². The molecule has 19 heavy (non-hydrogen) atoms. The minimum absolute atomic E-state index is 0.317. The van der Waals surface area contributed by atoms with Crippen molar-refractivity contribution in [1.82, 2.24) is 0 Å². The minimum Gasteiger partial charge on any atom is -0.299 e. The van der Waals surface area contributed by atoms with Gasteiger partial charge >= 0.3 is 0 Å². The van der Waals surface area contributed by atoms with Gasteiger partial charge < -0.3 is 0 Å². The van der Waals surface area contributed by atoms with Gasteiger partial charge in [0.25, 0.3) is 0 Å². The molecular weight excluding hydrogens is 232 g/mol. The van der Waals surface area contributed by atoms with Crippen molar-refractivity contribution in [2.45, 2.75) is 72.1 Å². The van der Waals surface area contributed by atoms with Crippen LogP contribution in [0.3, 0.4) is 0 Å². The molecule has 4 atom stereocenters. The molecule has 0 bridgehead atoms. The van der Waals surface area contributed by atoms with E-state index >= 15 is 0 Å². The van der Waals surface area contributed by atoms with Gasteiger partial charge in [0.2, 0.25) is 0 Å². The lowest BCUT2D eigenvalue weighted by Crippen LogP contribution is -2.39. The summed E-state index contributed by atoms with van der Waals surface area (Å²) in [5, 5.41) is 0. The van der Waals surface area contributed by atoms with Crippen LogP contribution in [0.15, 0.2) is 12.2 Å². The summed E-state index contributed by atoms with van der Waals surface area (Å²) in [6.45, 7) is 10.9. The Hall–Kier alpha value is -0.590. The molecule has 0 N–H and O–H groups in total. The third kappa shape index (κ3) is 2.95. The zero-order valence-corrected chi connectivity index (χ0v) is 13.0. The average molecular weight is 262 g/mol. The van der Waals surface area contributed by atoms with Crippen molar-refractivity contribution in [2.24, 2.45) is 23.2 Å². The monoisotopic (exact) mass is 262 g/mol. The normalized spacial score (nSPS) is 36.1. The predicted molar refractivity (Wildman–Crippen MR) is 81.0 cm³/mol. The Bertz CT molecular complexity index is 357. The van der Waals surface area contributed by atoms with E-state index < -0.39 is 0 Å². The number of ketones is 1. The Balaban J connectivity index is 1.96. The van der Waals surface area contributed by atoms with E-state index in [1.54, 1.807) is 0 Å². The number of Topliss-reactive ketones (excluding diaryl/α,β-unsaturated/α-hetero) is 1. The molecule has 2 unspecified atom stereocenters. The van der Waals surface area contributed by atoms with Gasteiger partial charge in [0.1, 0.15) is 5.78 Å². The maximum Gasteiger partial charge on any atom is 0.136 e. The lowest BCUT2D eigenvalue weighted by molar-refractivity contribution is -0.130. The molecule has 108 valence electrons. The van der Waals surface area contributed by atoms with Crippen molar-refractivity contribution in [1.29, 1.82) is 0 Å². The summed E-state index contributed by atoms with van der Waals surface area (Å²) in [6, 6.07) is 0. The molecule has 0 aromatic heterocycles. The molecule has 2 rings (SSSR count). The van der Waals surface area contributed by atoms with Gasteiger partial charge in [0, 0.05) is 12.3 Å². The van der Waals surface area contributed by atoms with E-state index in [-0.39, 0.29) is 0 Å². The third-order valence-corrected chi connectivity index (χ3v) is 5.89. The highest BCUT2D eigenvalue weighted by molar-refractivity contribution is 5.83. The van der Waals surface area contributed by atoms with Crippen LogP contribution in [0.5, 0.6) is 0 Å². The van der Waals surface area contributed by atoms with Crippen LogP contribution in [-0.4, -0.2) is 5.78 Å². The number of carbonyl (C=O) groups is 1. The summed E-state index contributed by atoms with van der Waals surface area (Å²) in [4.78, 5) is 12.1. The fourth-order valence-electron chi connectivity index (χ4n) is 4.83. The Kier molecular flexibility index (Phi) is 4.53. The highest BCUT2D eigenvalue weighted by atomic mass is 16.1. The molecule has 0 aromatic carbocycles. The molecule has 0 amide bonds. The van der Waals surface area contributed by atoms with E-state index in [0.717, 1.165) is 37.5 Å². The number of hydrogen-bond donors (Lipinski definition) is 0. The van der Waals surface area contributed by atoms with Gasteiger partial charge in [-0.3, -0.25) is 4.79 Å². The summed E-state index contributed by atoms with van der Waals surface area (Å²) >= 11 is 0. The van der Waals surface area contributed by atoms with Gasteiger partial charge in [-0.2, -0.15) is 0 Å². The van der Waals surface area contributed by atoms with Crippen molar-refractivity contribution < 1.29 is 4.79 Å². The molecule has 1 nitrogen and oxygen atoms in total. The number of carbonyl (C=O) groups excluding carboxylic acids is 1. The molecule has 0 spiro atoms. The maximum absolute atomic E-state index is 12.1. The van der Waals surface area contributed by atoms with Crippen LogP contribution in [0.25, 0.3) is 0 Å². The van der Waals surface area contributed by atoms with Crippen LogP contribution >= 0.6 is 0 Å². The van der Waals surface area contributed by atoms with Crippen molar-refractivity contribution >= 4 is 5.78 Å². The largest absolute Gasteiger partial charge is 0.299 e. The summed E-state index contributed by atoms with van der Waals surface area (Å²) in [6.07, 6.45) is 9.41. The predicted octanol–water partition coefficient (Wildman–Crippen LogP) is 5.15. The molecule has 2 aliphatic carbocycles. The first-order valence-electron chi connectivity index (χ1n) is 8.12. The van der Waals surface area contributed by atoms with Crippen LogP contribution in [0.2, 0.25) is 0 Å². The van der Waals surface area contributed by atoms with Crippen LogP contribution in [-0.2, 0) is 4.79 Å². The highest BCUT2D eigenvalue weighted by Gasteiger charge is 2.52. The van der Waals surface area contributed by atoms with E-state index in [2.05, 4.69) is 27.4 Å². The molecular formula is C18H30O. The second-order valence-electron chi connectivity index (χ2n) is 7.39. The van der Waals surface area contributed by atoms with Gasteiger partial charge in [0.15, 0.2) is 0 Å². The van der Waals surface area contributed by atoms with Gasteiger partial charge in [-0.25, -0.2) is 0 Å². The SMILES string of the molecule is C=C(C)CCC[C@@H](C)C1CCC2C(=O)CCC[C@@]21C. The summed E-state index contributed by atoms with van der Waals surface area (Å²) in [5.74, 6) is 2.48.